The molecule has 1 aromatic heterocycles. The molecule has 0 aliphatic rings. The number of aliphatic hydroxyl groups excluding tert-OH is 1. The largest absolute Gasteiger partial charge is 0.478 e. The molecular weight excluding hydrogens is 227 g/mol. The smallest absolute Gasteiger partial charge is 0.338 e. The highest BCUT2D eigenvalue weighted by atomic mass is 19.1. The van der Waals surface area contributed by atoms with Gasteiger partial charge in [-0.15, -0.1) is 0 Å². The number of nitrogens with one attached hydrogen (secondary N) is 1. The Morgan fingerprint density at radius 1 is 1.59 bits per heavy atom. The number of hydrogen-bond donors (Lipinski definition) is 3. The first kappa shape index (κ1) is 13.4. The molecule has 0 amide bonds. The van der Waals surface area contributed by atoms with Crippen LogP contribution in [-0.4, -0.2) is 34.3 Å². The van der Waals surface area contributed by atoms with Crippen LogP contribution in [0.4, 0.5) is 10.2 Å². The van der Waals surface area contributed by atoms with Crippen LogP contribution in [0.2, 0.25) is 0 Å². The van der Waals surface area contributed by atoms with Crippen molar-refractivity contribution in [2.24, 2.45) is 5.41 Å². The van der Waals surface area contributed by atoms with Gasteiger partial charge in [-0.2, -0.15) is 0 Å². The van der Waals surface area contributed by atoms with E-state index in [1.165, 1.54) is 6.20 Å². The Bertz CT molecular complexity index is 421. The monoisotopic (exact) mass is 242 g/mol. The molecule has 0 saturated carbocycles. The van der Waals surface area contributed by atoms with Gasteiger partial charge in [0.1, 0.15) is 5.56 Å². The van der Waals surface area contributed by atoms with Crippen molar-refractivity contribution in [2.45, 2.75) is 13.8 Å². The minimum atomic E-state index is -1.34. The standard InChI is InChI=1S/C11H15FN2O3/c1-11(2,6-15)5-14-9-8(12)7(10(16)17)3-4-13-9/h3-4,15H,5-6H2,1-2H3,(H,13,14)(H,16,17). The molecule has 0 fully saturated rings. The van der Waals surface area contributed by atoms with Crippen LogP contribution < -0.4 is 5.32 Å². The first-order chi connectivity index (χ1) is 7.87. The topological polar surface area (TPSA) is 82.5 Å². The number of hydrogen-bond acceptors (Lipinski definition) is 4. The van der Waals surface area contributed by atoms with Gasteiger partial charge in [-0.05, 0) is 6.07 Å². The van der Waals surface area contributed by atoms with Crippen LogP contribution in [0.15, 0.2) is 12.3 Å². The summed E-state index contributed by atoms with van der Waals surface area (Å²) in [6.45, 7) is 3.80. The van der Waals surface area contributed by atoms with Gasteiger partial charge in [-0.1, -0.05) is 13.8 Å². The molecule has 0 saturated heterocycles. The maximum atomic E-state index is 13.6. The molecule has 0 atom stereocenters. The second-order valence-electron chi connectivity index (χ2n) is 4.50. The van der Waals surface area contributed by atoms with Gasteiger partial charge in [0.25, 0.3) is 0 Å². The number of pyridine rings is 1. The van der Waals surface area contributed by atoms with Gasteiger partial charge in [0.2, 0.25) is 0 Å². The summed E-state index contributed by atoms with van der Waals surface area (Å²) in [5.41, 5.74) is -0.864. The molecule has 0 aliphatic carbocycles. The molecule has 1 heterocycles. The van der Waals surface area contributed by atoms with Gasteiger partial charge in [0.05, 0.1) is 0 Å². The normalized spacial score (nSPS) is 11.3. The molecule has 0 radical (unpaired) electrons. The number of aliphatic hydroxyl groups is 1. The van der Waals surface area contributed by atoms with E-state index in [1.807, 2.05) is 0 Å². The van der Waals surface area contributed by atoms with E-state index in [1.54, 1.807) is 13.8 Å². The molecule has 17 heavy (non-hydrogen) atoms. The van der Waals surface area contributed by atoms with Crippen LogP contribution in [0.1, 0.15) is 24.2 Å². The lowest BCUT2D eigenvalue weighted by Gasteiger charge is -2.22. The number of nitrogens with zero attached hydrogens (tertiary/aromatic N) is 1. The number of halogens is 1. The van der Waals surface area contributed by atoms with Crippen molar-refractivity contribution in [2.75, 3.05) is 18.5 Å². The second-order valence-corrected chi connectivity index (χ2v) is 4.50. The van der Waals surface area contributed by atoms with E-state index in [0.29, 0.717) is 0 Å². The van der Waals surface area contributed by atoms with Crippen molar-refractivity contribution in [3.63, 3.8) is 0 Å². The third-order valence-electron chi connectivity index (χ3n) is 2.28. The summed E-state index contributed by atoms with van der Waals surface area (Å²) in [4.78, 5) is 14.4. The number of anilines is 1. The van der Waals surface area contributed by atoms with E-state index < -0.39 is 22.8 Å². The fourth-order valence-electron chi connectivity index (χ4n) is 1.11. The van der Waals surface area contributed by atoms with Crippen molar-refractivity contribution in [1.29, 1.82) is 0 Å². The molecule has 0 bridgehead atoms. The Kier molecular flexibility index (Phi) is 4.01. The Hall–Kier alpha value is -1.69. The van der Waals surface area contributed by atoms with Crippen molar-refractivity contribution in [3.05, 3.63) is 23.6 Å². The van der Waals surface area contributed by atoms with Crippen LogP contribution in [0.25, 0.3) is 0 Å². The van der Waals surface area contributed by atoms with Crippen molar-refractivity contribution < 1.29 is 19.4 Å². The summed E-state index contributed by atoms with van der Waals surface area (Å²) in [5, 5.41) is 20.5. The van der Waals surface area contributed by atoms with Crippen molar-refractivity contribution in [3.8, 4) is 0 Å². The molecule has 3 N–H and O–H groups in total. The predicted octanol–water partition coefficient (Wildman–Crippen LogP) is 1.35. The third kappa shape index (κ3) is 3.39. The van der Waals surface area contributed by atoms with E-state index in [2.05, 4.69) is 10.3 Å². The van der Waals surface area contributed by atoms with Crippen molar-refractivity contribution >= 4 is 11.8 Å². The van der Waals surface area contributed by atoms with E-state index in [9.17, 15) is 9.18 Å². The highest BCUT2D eigenvalue weighted by Crippen LogP contribution is 2.18. The van der Waals surface area contributed by atoms with E-state index in [0.717, 1.165) is 6.07 Å². The fourth-order valence-corrected chi connectivity index (χ4v) is 1.11. The second kappa shape index (κ2) is 5.09. The summed E-state index contributed by atoms with van der Waals surface area (Å²) in [7, 11) is 0. The van der Waals surface area contributed by atoms with Gasteiger partial charge in [0.15, 0.2) is 11.6 Å². The average molecular weight is 242 g/mol. The van der Waals surface area contributed by atoms with Crippen LogP contribution in [0.5, 0.6) is 0 Å². The number of aromatic nitrogens is 1. The predicted molar refractivity (Wildman–Crippen MR) is 60.5 cm³/mol. The first-order valence-electron chi connectivity index (χ1n) is 5.10. The summed E-state index contributed by atoms with van der Waals surface area (Å²) >= 11 is 0. The van der Waals surface area contributed by atoms with Gasteiger partial charge in [-0.25, -0.2) is 14.2 Å². The molecule has 1 rings (SSSR count). The van der Waals surface area contributed by atoms with Crippen molar-refractivity contribution in [1.82, 2.24) is 4.98 Å². The number of carboxylic acids is 1. The highest BCUT2D eigenvalue weighted by Gasteiger charge is 2.19. The molecule has 0 spiro atoms. The number of rotatable bonds is 5. The van der Waals surface area contributed by atoms with Crippen LogP contribution >= 0.6 is 0 Å². The van der Waals surface area contributed by atoms with Gasteiger partial charge in [0, 0.05) is 24.8 Å². The lowest BCUT2D eigenvalue weighted by Crippen LogP contribution is -2.27. The quantitative estimate of drug-likeness (QED) is 0.726. The zero-order chi connectivity index (χ0) is 13.1. The lowest BCUT2D eigenvalue weighted by atomic mass is 9.95. The summed E-state index contributed by atoms with van der Waals surface area (Å²) < 4.78 is 13.6. The SMILES string of the molecule is CC(C)(CO)CNc1nccc(C(=O)O)c1F. The molecule has 1 aromatic rings. The summed E-state index contributed by atoms with van der Waals surface area (Å²) in [6, 6.07) is 1.10. The minimum Gasteiger partial charge on any atom is -0.478 e. The molecular formula is C11H15FN2O3. The van der Waals surface area contributed by atoms with E-state index in [4.69, 9.17) is 10.2 Å². The molecule has 0 aliphatic heterocycles. The lowest BCUT2D eigenvalue weighted by molar-refractivity contribution is 0.0692. The minimum absolute atomic E-state index is 0.0692. The van der Waals surface area contributed by atoms with Crippen LogP contribution in [-0.2, 0) is 0 Å². The molecule has 0 aromatic carbocycles. The Labute approximate surface area is 98.3 Å². The molecule has 94 valence electrons. The maximum absolute atomic E-state index is 13.6. The Balaban J connectivity index is 2.86. The number of aromatic carboxylic acids is 1. The summed E-state index contributed by atoms with van der Waals surface area (Å²) in [6.07, 6.45) is 1.22. The fraction of sp³-hybridized carbons (Fsp3) is 0.455. The number of carbonyl (C=O) groups is 1. The third-order valence-corrected chi connectivity index (χ3v) is 2.28. The zero-order valence-corrected chi connectivity index (χ0v) is 9.70. The average Bonchev–Trinajstić information content (AvgIpc) is 2.27. The van der Waals surface area contributed by atoms with Gasteiger partial charge < -0.3 is 15.5 Å². The van der Waals surface area contributed by atoms with Crippen LogP contribution in [0, 0.1) is 11.2 Å². The molecule has 0 unspecified atom stereocenters. The van der Waals surface area contributed by atoms with Crippen LogP contribution in [0.3, 0.4) is 0 Å². The number of carboxylic acid groups (broad SMARTS) is 1. The molecule has 5 nitrogen and oxygen atoms in total. The highest BCUT2D eigenvalue weighted by molar-refractivity contribution is 5.88. The summed E-state index contributed by atoms with van der Waals surface area (Å²) in [5.74, 6) is -2.35. The van der Waals surface area contributed by atoms with E-state index in [-0.39, 0.29) is 19.0 Å². The maximum Gasteiger partial charge on any atom is 0.338 e. The zero-order valence-electron chi connectivity index (χ0n) is 9.70. The van der Waals surface area contributed by atoms with E-state index >= 15 is 0 Å². The Morgan fingerprint density at radius 3 is 2.76 bits per heavy atom. The van der Waals surface area contributed by atoms with Gasteiger partial charge >= 0.3 is 5.97 Å². The van der Waals surface area contributed by atoms with Gasteiger partial charge in [-0.3, -0.25) is 0 Å². The Morgan fingerprint density at radius 2 is 2.24 bits per heavy atom. The first-order valence-corrected chi connectivity index (χ1v) is 5.10. The molecule has 6 heteroatoms.